The molecule has 0 aliphatic carbocycles. The summed E-state index contributed by atoms with van der Waals surface area (Å²) < 4.78 is 37.3. The van der Waals surface area contributed by atoms with Gasteiger partial charge in [-0.3, -0.25) is 9.69 Å². The Morgan fingerprint density at radius 2 is 1.96 bits per heavy atom. The minimum absolute atomic E-state index is 0.0171. The molecule has 1 amide bonds. The molecule has 5 nitrogen and oxygen atoms in total. The quantitative estimate of drug-likeness (QED) is 0.613. The highest BCUT2D eigenvalue weighted by molar-refractivity contribution is 7.14. The average Bonchev–Trinajstić information content (AvgIpc) is 3.09. The van der Waals surface area contributed by atoms with E-state index < -0.39 is 11.6 Å². The van der Waals surface area contributed by atoms with E-state index in [2.05, 4.69) is 4.98 Å². The number of carbonyl (C=O) groups is 1. The Kier molecular flexibility index (Phi) is 5.66. The summed E-state index contributed by atoms with van der Waals surface area (Å²) >= 11 is 1.25. The highest BCUT2D eigenvalue weighted by Crippen LogP contribution is 2.35. The van der Waals surface area contributed by atoms with Crippen LogP contribution in [0.4, 0.5) is 19.6 Å². The monoisotopic (exact) mass is 390 g/mol. The molecule has 27 heavy (non-hydrogen) atoms. The molecule has 0 aliphatic heterocycles. The van der Waals surface area contributed by atoms with E-state index in [0.717, 1.165) is 12.1 Å². The highest BCUT2D eigenvalue weighted by Gasteiger charge is 2.21. The average molecular weight is 390 g/mol. The van der Waals surface area contributed by atoms with Crippen molar-refractivity contribution >= 4 is 28.1 Å². The lowest BCUT2D eigenvalue weighted by Gasteiger charge is -2.20. The van der Waals surface area contributed by atoms with Gasteiger partial charge in [0.1, 0.15) is 18.2 Å². The molecule has 2 aromatic carbocycles. The molecule has 0 saturated carbocycles. The number of nitrogens with zero attached hydrogens (tertiary/aromatic N) is 2. The van der Waals surface area contributed by atoms with Crippen LogP contribution < -0.4 is 14.4 Å². The van der Waals surface area contributed by atoms with Crippen LogP contribution in [0.25, 0.3) is 0 Å². The summed E-state index contributed by atoms with van der Waals surface area (Å²) in [7, 11) is 1.52. The van der Waals surface area contributed by atoms with E-state index in [9.17, 15) is 13.6 Å². The largest absolute Gasteiger partial charge is 0.495 e. The Labute approximate surface area is 158 Å². The van der Waals surface area contributed by atoms with Crippen molar-refractivity contribution in [2.45, 2.75) is 13.5 Å². The lowest BCUT2D eigenvalue weighted by molar-refractivity contribution is -0.115. The second-order valence-corrected chi connectivity index (χ2v) is 6.35. The molecular weight excluding hydrogens is 374 g/mol. The molecular formula is C19H16F2N2O3S. The lowest BCUT2D eigenvalue weighted by Crippen LogP contribution is -2.23. The molecule has 0 N–H and O–H groups in total. The number of halogens is 2. The van der Waals surface area contributed by atoms with Crippen molar-refractivity contribution in [2.75, 3.05) is 12.0 Å². The summed E-state index contributed by atoms with van der Waals surface area (Å²) in [6, 6.07) is 10.2. The Morgan fingerprint density at radius 3 is 2.67 bits per heavy atom. The van der Waals surface area contributed by atoms with Gasteiger partial charge in [-0.1, -0.05) is 12.1 Å². The summed E-state index contributed by atoms with van der Waals surface area (Å²) in [6.45, 7) is 1.41. The third-order valence-electron chi connectivity index (χ3n) is 3.64. The first-order valence-electron chi connectivity index (χ1n) is 7.95. The van der Waals surface area contributed by atoms with E-state index >= 15 is 0 Å². The van der Waals surface area contributed by atoms with Crippen molar-refractivity contribution in [3.8, 4) is 11.5 Å². The van der Waals surface area contributed by atoms with Gasteiger partial charge in [0.05, 0.1) is 18.5 Å². The molecule has 1 heterocycles. The number of hydrogen-bond donors (Lipinski definition) is 0. The molecule has 0 aliphatic rings. The van der Waals surface area contributed by atoms with Gasteiger partial charge in [-0.15, -0.1) is 11.3 Å². The van der Waals surface area contributed by atoms with Gasteiger partial charge >= 0.3 is 0 Å². The van der Waals surface area contributed by atoms with Gasteiger partial charge in [0.25, 0.3) is 0 Å². The number of methoxy groups -OCH3 is 1. The normalized spacial score (nSPS) is 10.5. The second-order valence-electron chi connectivity index (χ2n) is 5.51. The topological polar surface area (TPSA) is 51.7 Å². The molecule has 0 fully saturated rings. The predicted molar refractivity (Wildman–Crippen MR) is 98.6 cm³/mol. The number of para-hydroxylation sites is 2. The SMILES string of the molecule is COc1ccccc1N(C(C)=O)c1nc(COc2ccc(F)cc2F)cs1. The van der Waals surface area contributed by atoms with Crippen LogP contribution in [0, 0.1) is 11.6 Å². The first kappa shape index (κ1) is 18.8. The smallest absolute Gasteiger partial charge is 0.230 e. The Balaban J connectivity index is 1.81. The van der Waals surface area contributed by atoms with E-state index in [-0.39, 0.29) is 18.3 Å². The minimum Gasteiger partial charge on any atom is -0.495 e. The van der Waals surface area contributed by atoms with Gasteiger partial charge in [-0.05, 0) is 24.3 Å². The molecule has 140 valence electrons. The summed E-state index contributed by atoms with van der Waals surface area (Å²) in [5.74, 6) is -1.23. The van der Waals surface area contributed by atoms with E-state index in [4.69, 9.17) is 9.47 Å². The van der Waals surface area contributed by atoms with Crippen LogP contribution in [0.15, 0.2) is 47.8 Å². The van der Waals surface area contributed by atoms with E-state index in [1.165, 1.54) is 36.3 Å². The Bertz CT molecular complexity index is 962. The maximum absolute atomic E-state index is 13.6. The number of rotatable bonds is 6. The predicted octanol–water partition coefficient (Wildman–Crippen LogP) is 4.69. The third-order valence-corrected chi connectivity index (χ3v) is 4.52. The van der Waals surface area contributed by atoms with E-state index in [1.54, 1.807) is 29.6 Å². The van der Waals surface area contributed by atoms with Crippen LogP contribution in [0.1, 0.15) is 12.6 Å². The van der Waals surface area contributed by atoms with Crippen LogP contribution in [0.3, 0.4) is 0 Å². The molecule has 1 aromatic heterocycles. The maximum atomic E-state index is 13.6. The molecule has 8 heteroatoms. The van der Waals surface area contributed by atoms with E-state index in [1.807, 2.05) is 0 Å². The zero-order chi connectivity index (χ0) is 19.4. The number of hydrogen-bond acceptors (Lipinski definition) is 5. The van der Waals surface area contributed by atoms with Crippen LogP contribution in [-0.4, -0.2) is 18.0 Å². The van der Waals surface area contributed by atoms with Crippen molar-refractivity contribution < 1.29 is 23.0 Å². The summed E-state index contributed by atoms with van der Waals surface area (Å²) in [6.07, 6.45) is 0. The Morgan fingerprint density at radius 1 is 1.19 bits per heavy atom. The molecule has 0 bridgehead atoms. The number of amides is 1. The summed E-state index contributed by atoms with van der Waals surface area (Å²) in [4.78, 5) is 18.0. The number of benzene rings is 2. The fourth-order valence-electron chi connectivity index (χ4n) is 2.43. The van der Waals surface area contributed by atoms with Crippen LogP contribution in [0.2, 0.25) is 0 Å². The second kappa shape index (κ2) is 8.13. The summed E-state index contributed by atoms with van der Waals surface area (Å²) in [5.41, 5.74) is 1.08. The maximum Gasteiger partial charge on any atom is 0.230 e. The fourth-order valence-corrected chi connectivity index (χ4v) is 3.30. The molecule has 0 unspecified atom stereocenters. The highest BCUT2D eigenvalue weighted by atomic mass is 32.1. The molecule has 0 radical (unpaired) electrons. The van der Waals surface area contributed by atoms with Crippen LogP contribution in [-0.2, 0) is 11.4 Å². The standard InChI is InChI=1S/C19H16F2N2O3S/c1-12(24)23(16-5-3-4-6-18(16)25-2)19-22-14(11-27-19)10-26-17-8-7-13(20)9-15(17)21/h3-9,11H,10H2,1-2H3. The first-order chi connectivity index (χ1) is 13.0. The number of ether oxygens (including phenoxy) is 2. The van der Waals surface area contributed by atoms with Gasteiger partial charge in [0, 0.05) is 18.4 Å². The zero-order valence-electron chi connectivity index (χ0n) is 14.6. The number of carbonyl (C=O) groups excluding carboxylic acids is 1. The van der Waals surface area contributed by atoms with Crippen molar-refractivity contribution in [1.29, 1.82) is 0 Å². The molecule has 0 saturated heterocycles. The molecule has 3 rings (SSSR count). The Hall–Kier alpha value is -3.00. The van der Waals surface area contributed by atoms with Crippen LogP contribution in [0.5, 0.6) is 11.5 Å². The van der Waals surface area contributed by atoms with Gasteiger partial charge in [-0.25, -0.2) is 13.8 Å². The fraction of sp³-hybridized carbons (Fsp3) is 0.158. The van der Waals surface area contributed by atoms with Gasteiger partial charge in [0.15, 0.2) is 16.7 Å². The van der Waals surface area contributed by atoms with Crippen molar-refractivity contribution in [2.24, 2.45) is 0 Å². The van der Waals surface area contributed by atoms with Gasteiger partial charge in [0.2, 0.25) is 5.91 Å². The number of aromatic nitrogens is 1. The van der Waals surface area contributed by atoms with Crippen molar-refractivity contribution in [3.63, 3.8) is 0 Å². The molecule has 0 spiro atoms. The van der Waals surface area contributed by atoms with Gasteiger partial charge < -0.3 is 9.47 Å². The summed E-state index contributed by atoms with van der Waals surface area (Å²) in [5, 5.41) is 2.15. The lowest BCUT2D eigenvalue weighted by atomic mass is 10.2. The molecule has 3 aromatic rings. The van der Waals surface area contributed by atoms with Crippen molar-refractivity contribution in [3.05, 3.63) is 65.2 Å². The zero-order valence-corrected chi connectivity index (χ0v) is 15.4. The van der Waals surface area contributed by atoms with E-state index in [0.29, 0.717) is 22.3 Å². The third kappa shape index (κ3) is 4.22. The molecule has 0 atom stereocenters. The minimum atomic E-state index is -0.787. The van der Waals surface area contributed by atoms with Gasteiger partial charge in [-0.2, -0.15) is 0 Å². The van der Waals surface area contributed by atoms with Crippen LogP contribution >= 0.6 is 11.3 Å². The number of thiazole rings is 1. The number of anilines is 2. The van der Waals surface area contributed by atoms with Crippen molar-refractivity contribution in [1.82, 2.24) is 4.98 Å². The first-order valence-corrected chi connectivity index (χ1v) is 8.83.